The number of aromatic nitrogens is 1. The molecule has 11 heteroatoms. The molecule has 3 rings (SSSR count). The van der Waals surface area contributed by atoms with Gasteiger partial charge in [0.1, 0.15) is 5.82 Å². The number of hydrogen-bond acceptors (Lipinski definition) is 6. The van der Waals surface area contributed by atoms with E-state index in [2.05, 4.69) is 10.2 Å². The molecule has 1 heterocycles. The van der Waals surface area contributed by atoms with Crippen molar-refractivity contribution in [2.24, 2.45) is 0 Å². The first-order valence-electron chi connectivity index (χ1n) is 8.46. The lowest BCUT2D eigenvalue weighted by molar-refractivity contribution is 0.0590. The highest BCUT2D eigenvalue weighted by Crippen LogP contribution is 2.15. The molecule has 0 fully saturated rings. The topological polar surface area (TPSA) is 124 Å². The summed E-state index contributed by atoms with van der Waals surface area (Å²) in [6, 6.07) is 8.51. The van der Waals surface area contributed by atoms with Crippen LogP contribution in [0.15, 0.2) is 58.2 Å². The molecule has 0 saturated heterocycles. The summed E-state index contributed by atoms with van der Waals surface area (Å²) in [4.78, 5) is 36.6. The molecule has 156 valence electrons. The average Bonchev–Trinajstić information content (AvgIpc) is 2.69. The largest absolute Gasteiger partial charge is 0.464 e. The number of amides is 2. The SMILES string of the molecule is COC(=O)c1cc(=O)c2cc(F)ccc2n1NC(=O)NS(=O)(=O)c1ccc(C)cc1. The minimum absolute atomic E-state index is 0.0350. The number of methoxy groups -OCH3 is 1. The molecule has 0 bridgehead atoms. The normalized spacial score (nSPS) is 11.2. The Labute approximate surface area is 170 Å². The molecule has 0 unspecified atom stereocenters. The maximum atomic E-state index is 13.6. The monoisotopic (exact) mass is 433 g/mol. The van der Waals surface area contributed by atoms with Crippen molar-refractivity contribution < 1.29 is 27.1 Å². The zero-order chi connectivity index (χ0) is 22.1. The first kappa shape index (κ1) is 21.0. The Morgan fingerprint density at radius 2 is 1.73 bits per heavy atom. The summed E-state index contributed by atoms with van der Waals surface area (Å²) in [7, 11) is -3.15. The highest BCUT2D eigenvalue weighted by atomic mass is 32.2. The van der Waals surface area contributed by atoms with Gasteiger partial charge in [0.25, 0.3) is 10.0 Å². The van der Waals surface area contributed by atoms with Crippen LogP contribution in [0.25, 0.3) is 10.9 Å². The lowest BCUT2D eigenvalue weighted by Gasteiger charge is -2.17. The van der Waals surface area contributed by atoms with Crippen LogP contribution in [0.3, 0.4) is 0 Å². The molecule has 0 aliphatic carbocycles. The lowest BCUT2D eigenvalue weighted by Crippen LogP contribution is -2.40. The molecule has 30 heavy (non-hydrogen) atoms. The summed E-state index contributed by atoms with van der Waals surface area (Å²) in [5.41, 5.74) is 1.90. The van der Waals surface area contributed by atoms with Gasteiger partial charge in [-0.2, -0.15) is 0 Å². The molecule has 2 N–H and O–H groups in total. The van der Waals surface area contributed by atoms with Gasteiger partial charge in [0, 0.05) is 6.07 Å². The Hall–Kier alpha value is -3.73. The number of ether oxygens (including phenoxy) is 1. The molecular weight excluding hydrogens is 417 g/mol. The van der Waals surface area contributed by atoms with Crippen LogP contribution in [0.2, 0.25) is 0 Å². The van der Waals surface area contributed by atoms with Gasteiger partial charge in [-0.05, 0) is 37.3 Å². The van der Waals surface area contributed by atoms with Crippen LogP contribution < -0.4 is 15.6 Å². The number of rotatable bonds is 4. The van der Waals surface area contributed by atoms with E-state index in [1.165, 1.54) is 12.1 Å². The highest BCUT2D eigenvalue weighted by molar-refractivity contribution is 7.90. The van der Waals surface area contributed by atoms with Gasteiger partial charge in [-0.3, -0.25) is 4.79 Å². The number of sulfonamides is 1. The fourth-order valence-electron chi connectivity index (χ4n) is 2.69. The molecule has 3 aromatic rings. The number of carbonyl (C=O) groups excluding carboxylic acids is 2. The number of nitrogens with one attached hydrogen (secondary N) is 2. The van der Waals surface area contributed by atoms with Gasteiger partial charge < -0.3 is 4.74 Å². The highest BCUT2D eigenvalue weighted by Gasteiger charge is 2.21. The van der Waals surface area contributed by atoms with Gasteiger partial charge in [-0.15, -0.1) is 0 Å². The minimum atomic E-state index is -4.22. The summed E-state index contributed by atoms with van der Waals surface area (Å²) in [6.07, 6.45) is 0. The number of fused-ring (bicyclic) bond motifs is 1. The minimum Gasteiger partial charge on any atom is -0.464 e. The Morgan fingerprint density at radius 3 is 2.37 bits per heavy atom. The van der Waals surface area contributed by atoms with Crippen LogP contribution >= 0.6 is 0 Å². The van der Waals surface area contributed by atoms with Crippen LogP contribution in [-0.2, 0) is 14.8 Å². The number of pyridine rings is 1. The van der Waals surface area contributed by atoms with Crippen LogP contribution in [0.1, 0.15) is 16.1 Å². The second-order valence-corrected chi connectivity index (χ2v) is 7.92. The van der Waals surface area contributed by atoms with E-state index in [1.807, 2.05) is 4.72 Å². The maximum absolute atomic E-state index is 13.6. The molecule has 2 aromatic carbocycles. The quantitative estimate of drug-likeness (QED) is 0.606. The first-order chi connectivity index (χ1) is 14.1. The van der Waals surface area contributed by atoms with Gasteiger partial charge in [0.05, 0.1) is 22.9 Å². The third kappa shape index (κ3) is 4.15. The summed E-state index contributed by atoms with van der Waals surface area (Å²) in [5.74, 6) is -1.68. The fourth-order valence-corrected chi connectivity index (χ4v) is 3.60. The second kappa shape index (κ2) is 7.95. The number of urea groups is 1. The van der Waals surface area contributed by atoms with Gasteiger partial charge in [0.2, 0.25) is 0 Å². The summed E-state index contributed by atoms with van der Waals surface area (Å²) in [6.45, 7) is 1.77. The molecule has 0 radical (unpaired) electrons. The molecule has 0 spiro atoms. The third-order valence-electron chi connectivity index (χ3n) is 4.14. The molecule has 2 amide bonds. The lowest BCUT2D eigenvalue weighted by atomic mass is 10.2. The fraction of sp³-hybridized carbons (Fsp3) is 0.105. The number of hydrogen-bond donors (Lipinski definition) is 2. The van der Waals surface area contributed by atoms with Gasteiger partial charge in [-0.1, -0.05) is 17.7 Å². The molecule has 0 aliphatic heterocycles. The van der Waals surface area contributed by atoms with E-state index in [4.69, 9.17) is 0 Å². The van der Waals surface area contributed by atoms with Crippen molar-refractivity contribution >= 4 is 32.9 Å². The van der Waals surface area contributed by atoms with Crippen molar-refractivity contribution in [2.45, 2.75) is 11.8 Å². The van der Waals surface area contributed by atoms with E-state index in [0.717, 1.165) is 41.6 Å². The summed E-state index contributed by atoms with van der Waals surface area (Å²) < 4.78 is 45.6. The van der Waals surface area contributed by atoms with E-state index < -0.39 is 33.3 Å². The number of carbonyl (C=O) groups is 2. The van der Waals surface area contributed by atoms with Gasteiger partial charge in [-0.25, -0.2) is 37.2 Å². The van der Waals surface area contributed by atoms with E-state index >= 15 is 0 Å². The Balaban J connectivity index is 2.02. The maximum Gasteiger partial charge on any atom is 0.356 e. The molecule has 1 aromatic heterocycles. The van der Waals surface area contributed by atoms with E-state index in [9.17, 15) is 27.2 Å². The zero-order valence-corrected chi connectivity index (χ0v) is 16.6. The smallest absolute Gasteiger partial charge is 0.356 e. The molecule has 0 saturated carbocycles. The third-order valence-corrected chi connectivity index (χ3v) is 5.49. The predicted octanol–water partition coefficient (Wildman–Crippen LogP) is 1.88. The van der Waals surface area contributed by atoms with Crippen molar-refractivity contribution in [3.05, 3.63) is 75.8 Å². The Kier molecular flexibility index (Phi) is 5.56. The van der Waals surface area contributed by atoms with Gasteiger partial charge in [0.15, 0.2) is 11.1 Å². The predicted molar refractivity (Wildman–Crippen MR) is 106 cm³/mol. The van der Waals surface area contributed by atoms with Crippen LogP contribution in [0.4, 0.5) is 9.18 Å². The Bertz CT molecular complexity index is 1320. The summed E-state index contributed by atoms with van der Waals surface area (Å²) >= 11 is 0. The van der Waals surface area contributed by atoms with Crippen LogP contribution in [0, 0.1) is 12.7 Å². The average molecular weight is 433 g/mol. The van der Waals surface area contributed by atoms with Crippen molar-refractivity contribution in [3.8, 4) is 0 Å². The van der Waals surface area contributed by atoms with Gasteiger partial charge >= 0.3 is 12.0 Å². The van der Waals surface area contributed by atoms with Crippen molar-refractivity contribution in [2.75, 3.05) is 12.5 Å². The first-order valence-corrected chi connectivity index (χ1v) is 9.95. The molecule has 9 nitrogen and oxygen atoms in total. The number of nitrogens with zero attached hydrogens (tertiary/aromatic N) is 1. The summed E-state index contributed by atoms with van der Waals surface area (Å²) in [5, 5.41) is -0.135. The van der Waals surface area contributed by atoms with Crippen molar-refractivity contribution in [1.82, 2.24) is 9.40 Å². The second-order valence-electron chi connectivity index (χ2n) is 6.24. The number of esters is 1. The van der Waals surface area contributed by atoms with Crippen molar-refractivity contribution in [1.29, 1.82) is 0 Å². The van der Waals surface area contributed by atoms with E-state index in [1.54, 1.807) is 19.1 Å². The Morgan fingerprint density at radius 1 is 1.07 bits per heavy atom. The number of benzene rings is 2. The van der Waals surface area contributed by atoms with E-state index in [-0.39, 0.29) is 21.5 Å². The van der Waals surface area contributed by atoms with E-state index in [0.29, 0.717) is 0 Å². The molecule has 0 aliphatic rings. The van der Waals surface area contributed by atoms with Crippen LogP contribution in [0.5, 0.6) is 0 Å². The van der Waals surface area contributed by atoms with Crippen molar-refractivity contribution in [3.63, 3.8) is 0 Å². The standard InChI is InChI=1S/C19H16FN3O6S/c1-11-3-6-13(7-4-11)30(27,28)22-19(26)21-23-15-8-5-12(20)9-14(15)17(24)10-16(23)18(25)29-2/h3-10H,1-2H3,(H2,21,22,26). The van der Waals surface area contributed by atoms with Crippen LogP contribution in [-0.4, -0.2) is 32.2 Å². The number of aryl methyl sites for hydroxylation is 1. The number of halogens is 1. The zero-order valence-electron chi connectivity index (χ0n) is 15.8. The molecule has 0 atom stereocenters. The molecular formula is C19H16FN3O6S.